The predicted molar refractivity (Wildman–Crippen MR) is 63.1 cm³/mol. The van der Waals surface area contributed by atoms with Gasteiger partial charge in [-0.2, -0.15) is 13.5 Å². The number of hydrogen-bond acceptors (Lipinski definition) is 4. The molecule has 0 saturated heterocycles. The molecule has 1 aliphatic rings. The number of carbonyl (C=O) groups is 1. The smallest absolute Gasteiger partial charge is 0.282 e. The van der Waals surface area contributed by atoms with Crippen LogP contribution in [0.3, 0.4) is 0 Å². The summed E-state index contributed by atoms with van der Waals surface area (Å²) in [6.45, 7) is 1.69. The van der Waals surface area contributed by atoms with Gasteiger partial charge in [0, 0.05) is 0 Å². The monoisotopic (exact) mass is 288 g/mol. The maximum absolute atomic E-state index is 11.1. The molecule has 96 valence electrons. The third-order valence-electron chi connectivity index (χ3n) is 2.71. The van der Waals surface area contributed by atoms with Crippen molar-refractivity contribution in [3.05, 3.63) is 28.8 Å². The van der Waals surface area contributed by atoms with Gasteiger partial charge in [-0.1, -0.05) is 17.7 Å². The number of amides is 1. The zero-order chi connectivity index (χ0) is 13.6. The van der Waals surface area contributed by atoms with Crippen LogP contribution >= 0.6 is 11.6 Å². The van der Waals surface area contributed by atoms with Gasteiger partial charge in [0.05, 0.1) is 11.4 Å². The van der Waals surface area contributed by atoms with E-state index >= 15 is 0 Å². The van der Waals surface area contributed by atoms with Crippen molar-refractivity contribution in [1.82, 2.24) is 0 Å². The first kappa shape index (κ1) is 13.1. The van der Waals surface area contributed by atoms with Gasteiger partial charge in [-0.15, -0.1) is 5.11 Å². The van der Waals surface area contributed by atoms with Crippen molar-refractivity contribution in [1.29, 1.82) is 0 Å². The van der Waals surface area contributed by atoms with Crippen LogP contribution in [0.5, 0.6) is 0 Å². The van der Waals surface area contributed by atoms with E-state index in [1.165, 1.54) is 18.2 Å². The van der Waals surface area contributed by atoms with Crippen LogP contribution in [-0.4, -0.2) is 18.9 Å². The highest BCUT2D eigenvalue weighted by Crippen LogP contribution is 2.36. The van der Waals surface area contributed by atoms with Crippen LogP contribution in [0.4, 0.5) is 0 Å². The van der Waals surface area contributed by atoms with E-state index in [0.717, 1.165) is 0 Å². The third-order valence-corrected chi connectivity index (χ3v) is 4.05. The van der Waals surface area contributed by atoms with Crippen molar-refractivity contribution in [2.24, 2.45) is 10.2 Å². The topological polar surface area (TPSA) is 96.2 Å². The molecule has 1 atom stereocenters. The summed E-state index contributed by atoms with van der Waals surface area (Å²) in [5.74, 6) is -0.340. The van der Waals surface area contributed by atoms with Crippen LogP contribution in [0.15, 0.2) is 33.3 Å². The van der Waals surface area contributed by atoms with Crippen molar-refractivity contribution in [2.45, 2.75) is 23.8 Å². The van der Waals surface area contributed by atoms with Gasteiger partial charge in [-0.25, -0.2) is 0 Å². The maximum atomic E-state index is 11.1. The van der Waals surface area contributed by atoms with Gasteiger partial charge in [-0.3, -0.25) is 9.35 Å². The van der Waals surface area contributed by atoms with E-state index in [-0.39, 0.29) is 22.2 Å². The van der Waals surface area contributed by atoms with E-state index < -0.39 is 15.7 Å². The Morgan fingerprint density at radius 2 is 2.11 bits per heavy atom. The summed E-state index contributed by atoms with van der Waals surface area (Å²) in [6, 6.07) is 3.99. The van der Waals surface area contributed by atoms with Crippen LogP contribution in [0, 0.1) is 0 Å². The number of nitrogens with zero attached hydrogens (tertiary/aromatic N) is 2. The Morgan fingerprint density at radius 3 is 2.56 bits per heavy atom. The SMILES string of the molecule is CC1(c2ccc(S(=O)(=O)O)c(Cl)c2)CC(=O)N=N1. The lowest BCUT2D eigenvalue weighted by Gasteiger charge is -2.18. The fourth-order valence-corrected chi connectivity index (χ4v) is 2.75. The van der Waals surface area contributed by atoms with E-state index in [4.69, 9.17) is 16.2 Å². The van der Waals surface area contributed by atoms with E-state index in [9.17, 15) is 13.2 Å². The average Bonchev–Trinajstić information content (AvgIpc) is 2.58. The lowest BCUT2D eigenvalue weighted by Crippen LogP contribution is -2.17. The molecule has 1 N–H and O–H groups in total. The Balaban J connectivity index is 2.48. The first-order valence-corrected chi connectivity index (χ1v) is 6.77. The predicted octanol–water partition coefficient (Wildman–Crippen LogP) is 2.18. The summed E-state index contributed by atoms with van der Waals surface area (Å²) >= 11 is 5.79. The Labute approximate surface area is 108 Å². The summed E-state index contributed by atoms with van der Waals surface area (Å²) in [7, 11) is -4.36. The number of benzene rings is 1. The minimum atomic E-state index is -4.36. The number of azo groups is 1. The number of hydrogen-bond donors (Lipinski definition) is 1. The molecule has 1 amide bonds. The third kappa shape index (κ3) is 2.29. The minimum Gasteiger partial charge on any atom is -0.282 e. The Kier molecular flexibility index (Phi) is 3.00. The summed E-state index contributed by atoms with van der Waals surface area (Å²) in [5, 5.41) is 7.18. The number of halogens is 1. The lowest BCUT2D eigenvalue weighted by atomic mass is 9.90. The molecule has 1 unspecified atom stereocenters. The molecule has 18 heavy (non-hydrogen) atoms. The quantitative estimate of drug-likeness (QED) is 0.844. The highest BCUT2D eigenvalue weighted by molar-refractivity contribution is 7.86. The van der Waals surface area contributed by atoms with Gasteiger partial charge < -0.3 is 0 Å². The number of rotatable bonds is 2. The van der Waals surface area contributed by atoms with E-state index in [1.807, 2.05) is 0 Å². The fraction of sp³-hybridized carbons (Fsp3) is 0.300. The summed E-state index contributed by atoms with van der Waals surface area (Å²) in [6.07, 6.45) is 0.106. The van der Waals surface area contributed by atoms with Crippen molar-refractivity contribution in [3.8, 4) is 0 Å². The second-order valence-corrected chi connectivity index (χ2v) is 5.96. The van der Waals surface area contributed by atoms with Crippen molar-refractivity contribution >= 4 is 27.6 Å². The second kappa shape index (κ2) is 4.11. The summed E-state index contributed by atoms with van der Waals surface area (Å²) in [5.41, 5.74) is -0.270. The minimum absolute atomic E-state index is 0.106. The van der Waals surface area contributed by atoms with Crippen molar-refractivity contribution in [2.75, 3.05) is 0 Å². The molecule has 2 rings (SSSR count). The van der Waals surface area contributed by atoms with Crippen molar-refractivity contribution < 1.29 is 17.8 Å². The molecule has 8 heteroatoms. The molecule has 1 aromatic rings. The second-order valence-electron chi connectivity index (χ2n) is 4.16. The van der Waals surface area contributed by atoms with Gasteiger partial charge in [0.25, 0.3) is 16.0 Å². The Morgan fingerprint density at radius 1 is 1.44 bits per heavy atom. The van der Waals surface area contributed by atoms with Crippen molar-refractivity contribution in [3.63, 3.8) is 0 Å². The first-order valence-electron chi connectivity index (χ1n) is 4.96. The average molecular weight is 289 g/mol. The Hall–Kier alpha value is -1.31. The van der Waals surface area contributed by atoms with Crippen LogP contribution in [0.25, 0.3) is 0 Å². The molecule has 0 saturated carbocycles. The highest BCUT2D eigenvalue weighted by atomic mass is 35.5. The molecule has 1 aliphatic heterocycles. The fourth-order valence-electron chi connectivity index (χ4n) is 1.74. The molecule has 0 bridgehead atoms. The van der Waals surface area contributed by atoms with Gasteiger partial charge in [0.1, 0.15) is 10.4 Å². The normalized spacial score (nSPS) is 23.6. The summed E-state index contributed by atoms with van der Waals surface area (Å²) in [4.78, 5) is 10.7. The van der Waals surface area contributed by atoms with Gasteiger partial charge in [-0.05, 0) is 24.6 Å². The lowest BCUT2D eigenvalue weighted by molar-refractivity contribution is -0.117. The molecule has 1 aromatic carbocycles. The van der Waals surface area contributed by atoms with Crippen LogP contribution in [0.2, 0.25) is 5.02 Å². The summed E-state index contributed by atoms with van der Waals surface area (Å²) < 4.78 is 30.9. The van der Waals surface area contributed by atoms with E-state index in [1.54, 1.807) is 6.92 Å². The molecule has 0 aromatic heterocycles. The first-order chi connectivity index (χ1) is 8.22. The molecule has 0 aliphatic carbocycles. The zero-order valence-electron chi connectivity index (χ0n) is 9.29. The Bertz CT molecular complexity index is 656. The molecule has 0 spiro atoms. The van der Waals surface area contributed by atoms with E-state index in [2.05, 4.69) is 10.2 Å². The molecule has 1 heterocycles. The standard InChI is InChI=1S/C10H9ClN2O4S/c1-10(5-9(14)12-13-10)6-2-3-8(7(11)4-6)18(15,16)17/h2-4H,5H2,1H3,(H,15,16,17). The van der Waals surface area contributed by atoms with Gasteiger partial charge in [0.2, 0.25) is 0 Å². The highest BCUT2D eigenvalue weighted by Gasteiger charge is 2.35. The molecule has 0 fully saturated rings. The maximum Gasteiger partial charge on any atom is 0.296 e. The largest absolute Gasteiger partial charge is 0.296 e. The van der Waals surface area contributed by atoms with Crippen LogP contribution < -0.4 is 0 Å². The van der Waals surface area contributed by atoms with Crippen LogP contribution in [-0.2, 0) is 20.5 Å². The van der Waals surface area contributed by atoms with E-state index in [0.29, 0.717) is 5.56 Å². The number of carbonyl (C=O) groups excluding carboxylic acids is 1. The molecule has 0 radical (unpaired) electrons. The zero-order valence-corrected chi connectivity index (χ0v) is 10.9. The molecular formula is C10H9ClN2O4S. The van der Waals surface area contributed by atoms with Crippen LogP contribution in [0.1, 0.15) is 18.9 Å². The van der Waals surface area contributed by atoms with Gasteiger partial charge in [0.15, 0.2) is 0 Å². The molecule has 6 nitrogen and oxygen atoms in total. The van der Waals surface area contributed by atoms with Gasteiger partial charge >= 0.3 is 0 Å². The molecular weight excluding hydrogens is 280 g/mol.